The molecule has 1 aromatic rings. The first-order chi connectivity index (χ1) is 8.17. The Labute approximate surface area is 101 Å². The van der Waals surface area contributed by atoms with E-state index in [-0.39, 0.29) is 5.92 Å². The van der Waals surface area contributed by atoms with Gasteiger partial charge in [0.25, 0.3) is 0 Å². The van der Waals surface area contributed by atoms with Crippen molar-refractivity contribution in [3.63, 3.8) is 0 Å². The lowest BCUT2D eigenvalue weighted by Gasteiger charge is -2.25. The summed E-state index contributed by atoms with van der Waals surface area (Å²) in [7, 11) is 1.62. The van der Waals surface area contributed by atoms with E-state index >= 15 is 0 Å². The third kappa shape index (κ3) is 2.05. The summed E-state index contributed by atoms with van der Waals surface area (Å²) in [5.74, 6) is -0.227. The third-order valence-corrected chi connectivity index (χ3v) is 3.41. The zero-order chi connectivity index (χ0) is 12.4. The molecule has 1 aliphatic rings. The number of aliphatic carboxylic acids is 1. The topological polar surface area (TPSA) is 46.5 Å². The lowest BCUT2D eigenvalue weighted by atomic mass is 9.81. The highest BCUT2D eigenvalue weighted by Crippen LogP contribution is 2.35. The molecule has 90 valence electrons. The van der Waals surface area contributed by atoms with Crippen LogP contribution in [0.5, 0.6) is 5.75 Å². The van der Waals surface area contributed by atoms with Gasteiger partial charge in [0, 0.05) is 0 Å². The van der Waals surface area contributed by atoms with Crippen LogP contribution >= 0.6 is 0 Å². The van der Waals surface area contributed by atoms with Gasteiger partial charge < -0.3 is 9.84 Å². The number of carboxylic acid groups (broad SMARTS) is 1. The Morgan fingerprint density at radius 2 is 2.29 bits per heavy atom. The van der Waals surface area contributed by atoms with E-state index in [1.807, 2.05) is 18.2 Å². The van der Waals surface area contributed by atoms with Crippen LogP contribution in [0.2, 0.25) is 0 Å². The van der Waals surface area contributed by atoms with E-state index in [1.54, 1.807) is 7.11 Å². The van der Waals surface area contributed by atoms with E-state index < -0.39 is 5.97 Å². The zero-order valence-corrected chi connectivity index (χ0v) is 9.90. The lowest BCUT2D eigenvalue weighted by Crippen LogP contribution is -2.23. The summed E-state index contributed by atoms with van der Waals surface area (Å²) in [6, 6.07) is 3.87. The Morgan fingerprint density at radius 1 is 1.53 bits per heavy atom. The molecule has 1 aliphatic carbocycles. The van der Waals surface area contributed by atoms with Crippen LogP contribution in [-0.4, -0.2) is 18.2 Å². The normalized spacial score (nSPS) is 18.3. The van der Waals surface area contributed by atoms with E-state index in [1.165, 1.54) is 5.56 Å². The number of fused-ring (bicyclic) bond motifs is 1. The number of benzene rings is 1. The molecule has 1 atom stereocenters. The number of hydrogen-bond donors (Lipinski definition) is 1. The molecule has 0 saturated heterocycles. The Kier molecular flexibility index (Phi) is 3.18. The quantitative estimate of drug-likeness (QED) is 0.871. The molecule has 0 heterocycles. The molecule has 0 spiro atoms. The molecule has 0 amide bonds. The molecule has 1 N–H and O–H groups in total. The smallest absolute Gasteiger partial charge is 0.306 e. The first kappa shape index (κ1) is 11.7. The van der Waals surface area contributed by atoms with Crippen molar-refractivity contribution in [2.45, 2.75) is 19.3 Å². The maximum Gasteiger partial charge on any atom is 0.306 e. The minimum absolute atomic E-state index is 0.295. The molecule has 0 aliphatic heterocycles. The number of methoxy groups -OCH3 is 1. The van der Waals surface area contributed by atoms with E-state index in [2.05, 4.69) is 6.58 Å². The molecule has 3 heteroatoms. The van der Waals surface area contributed by atoms with Crippen LogP contribution in [0.25, 0.3) is 6.08 Å². The van der Waals surface area contributed by atoms with Gasteiger partial charge in [0.2, 0.25) is 0 Å². The van der Waals surface area contributed by atoms with Gasteiger partial charge in [-0.05, 0) is 42.0 Å². The monoisotopic (exact) mass is 232 g/mol. The molecule has 0 bridgehead atoms. The second-order valence-electron chi connectivity index (χ2n) is 4.30. The van der Waals surface area contributed by atoms with Crippen molar-refractivity contribution < 1.29 is 14.6 Å². The Balaban J connectivity index is 2.46. The average Bonchev–Trinajstić information content (AvgIpc) is 2.36. The number of carboxylic acids is 1. The SMILES string of the molecule is C=Cc1ccc(OC)c2c1CCC(C(=O)O)C2. The molecule has 0 aromatic heterocycles. The minimum Gasteiger partial charge on any atom is -0.496 e. The van der Waals surface area contributed by atoms with Gasteiger partial charge in [-0.2, -0.15) is 0 Å². The van der Waals surface area contributed by atoms with Crippen molar-refractivity contribution in [2.75, 3.05) is 7.11 Å². The highest BCUT2D eigenvalue weighted by atomic mass is 16.5. The number of rotatable bonds is 3. The second-order valence-corrected chi connectivity index (χ2v) is 4.30. The summed E-state index contributed by atoms with van der Waals surface area (Å²) in [6.45, 7) is 3.79. The third-order valence-electron chi connectivity index (χ3n) is 3.41. The molecular formula is C14H16O3. The highest BCUT2D eigenvalue weighted by Gasteiger charge is 2.27. The first-order valence-electron chi connectivity index (χ1n) is 5.71. The van der Waals surface area contributed by atoms with Crippen molar-refractivity contribution in [2.24, 2.45) is 5.92 Å². The molecular weight excluding hydrogens is 216 g/mol. The predicted octanol–water partition coefficient (Wildman–Crippen LogP) is 2.53. The van der Waals surface area contributed by atoms with E-state index in [4.69, 9.17) is 9.84 Å². The van der Waals surface area contributed by atoms with Crippen LogP contribution in [0.3, 0.4) is 0 Å². The maximum atomic E-state index is 11.1. The van der Waals surface area contributed by atoms with Gasteiger partial charge in [-0.1, -0.05) is 18.7 Å². The predicted molar refractivity (Wildman–Crippen MR) is 66.2 cm³/mol. The molecule has 3 nitrogen and oxygen atoms in total. The fourth-order valence-electron chi connectivity index (χ4n) is 2.47. The van der Waals surface area contributed by atoms with Crippen LogP contribution in [0, 0.1) is 5.92 Å². The van der Waals surface area contributed by atoms with Gasteiger partial charge in [0.15, 0.2) is 0 Å². The van der Waals surface area contributed by atoms with Crippen LogP contribution < -0.4 is 4.74 Å². The van der Waals surface area contributed by atoms with Crippen molar-refractivity contribution in [3.8, 4) is 5.75 Å². The van der Waals surface area contributed by atoms with E-state index in [0.29, 0.717) is 12.8 Å². The summed E-state index contributed by atoms with van der Waals surface area (Å²) in [5.41, 5.74) is 3.31. The Hall–Kier alpha value is -1.77. The summed E-state index contributed by atoms with van der Waals surface area (Å²) in [4.78, 5) is 11.1. The summed E-state index contributed by atoms with van der Waals surface area (Å²) in [5, 5.41) is 9.09. The highest BCUT2D eigenvalue weighted by molar-refractivity contribution is 5.72. The van der Waals surface area contributed by atoms with Crippen LogP contribution in [-0.2, 0) is 17.6 Å². The Morgan fingerprint density at radius 3 is 2.88 bits per heavy atom. The van der Waals surface area contributed by atoms with E-state index in [0.717, 1.165) is 23.3 Å². The van der Waals surface area contributed by atoms with Gasteiger partial charge in [-0.25, -0.2) is 0 Å². The fourth-order valence-corrected chi connectivity index (χ4v) is 2.47. The van der Waals surface area contributed by atoms with Crippen LogP contribution in [0.4, 0.5) is 0 Å². The van der Waals surface area contributed by atoms with Gasteiger partial charge >= 0.3 is 5.97 Å². The van der Waals surface area contributed by atoms with Crippen molar-refractivity contribution in [1.29, 1.82) is 0 Å². The lowest BCUT2D eigenvalue weighted by molar-refractivity contribution is -0.142. The Bertz CT molecular complexity index is 463. The van der Waals surface area contributed by atoms with Gasteiger partial charge in [0.1, 0.15) is 5.75 Å². The van der Waals surface area contributed by atoms with Gasteiger partial charge in [-0.3, -0.25) is 4.79 Å². The largest absolute Gasteiger partial charge is 0.496 e. The van der Waals surface area contributed by atoms with Gasteiger partial charge in [0.05, 0.1) is 13.0 Å². The molecule has 0 radical (unpaired) electrons. The number of hydrogen-bond acceptors (Lipinski definition) is 2. The molecule has 2 rings (SSSR count). The van der Waals surface area contributed by atoms with Crippen molar-refractivity contribution >= 4 is 12.0 Å². The molecule has 17 heavy (non-hydrogen) atoms. The summed E-state index contributed by atoms with van der Waals surface area (Å²) >= 11 is 0. The van der Waals surface area contributed by atoms with Crippen LogP contribution in [0.15, 0.2) is 18.7 Å². The number of ether oxygens (including phenoxy) is 1. The van der Waals surface area contributed by atoms with Crippen molar-refractivity contribution in [1.82, 2.24) is 0 Å². The van der Waals surface area contributed by atoms with Crippen LogP contribution in [0.1, 0.15) is 23.1 Å². The molecule has 1 aromatic carbocycles. The number of carbonyl (C=O) groups is 1. The van der Waals surface area contributed by atoms with E-state index in [9.17, 15) is 4.79 Å². The second kappa shape index (κ2) is 4.62. The molecule has 0 saturated carbocycles. The zero-order valence-electron chi connectivity index (χ0n) is 9.90. The summed E-state index contributed by atoms with van der Waals surface area (Å²) < 4.78 is 5.31. The molecule has 0 fully saturated rings. The minimum atomic E-state index is -0.721. The standard InChI is InChI=1S/C14H16O3/c1-3-9-5-7-13(17-2)12-8-10(14(15)16)4-6-11(9)12/h3,5,7,10H,1,4,6,8H2,2H3,(H,15,16). The maximum absolute atomic E-state index is 11.1. The summed E-state index contributed by atoms with van der Waals surface area (Å²) in [6.07, 6.45) is 3.84. The average molecular weight is 232 g/mol. The van der Waals surface area contributed by atoms with Crippen molar-refractivity contribution in [3.05, 3.63) is 35.4 Å². The fraction of sp³-hybridized carbons (Fsp3) is 0.357. The first-order valence-corrected chi connectivity index (χ1v) is 5.71. The molecule has 1 unspecified atom stereocenters. The van der Waals surface area contributed by atoms with Gasteiger partial charge in [-0.15, -0.1) is 0 Å².